The summed E-state index contributed by atoms with van der Waals surface area (Å²) in [5.41, 5.74) is 10.6. The third-order valence-corrected chi connectivity index (χ3v) is 6.75. The van der Waals surface area contributed by atoms with Crippen LogP contribution >= 0.6 is 15.9 Å². The molecule has 0 unspecified atom stereocenters. The number of rotatable bonds is 7. The Morgan fingerprint density at radius 3 is 2.55 bits per heavy atom. The minimum Gasteiger partial charge on any atom is -0.385 e. The van der Waals surface area contributed by atoms with Gasteiger partial charge in [0, 0.05) is 46.1 Å². The summed E-state index contributed by atoms with van der Waals surface area (Å²) in [6, 6.07) is 6.12. The Labute approximate surface area is 192 Å². The standard InChI is InChI=1S/C24H33BrN4O2/c1-14-10-15(2)29-24(31)21(14)13-28-23(30)20-11-18(25)12-22(16(20)3)27-9-8-17-4-6-19(26)7-5-17/h10-12,17,19,27H,4-9,13,26H2,1-3H3,(H,28,30)(H,29,31). The number of nitrogens with two attached hydrogens (primary N) is 1. The van der Waals surface area contributed by atoms with E-state index < -0.39 is 0 Å². The first-order valence-corrected chi connectivity index (χ1v) is 11.8. The third kappa shape index (κ3) is 6.20. The van der Waals surface area contributed by atoms with Crippen molar-refractivity contribution in [3.8, 4) is 0 Å². The van der Waals surface area contributed by atoms with Crippen molar-refractivity contribution in [2.45, 2.75) is 65.5 Å². The van der Waals surface area contributed by atoms with Crippen LogP contribution in [0.25, 0.3) is 0 Å². The van der Waals surface area contributed by atoms with E-state index in [1.807, 2.05) is 39.0 Å². The van der Waals surface area contributed by atoms with E-state index >= 15 is 0 Å². The first kappa shape index (κ1) is 23.5. The number of benzene rings is 1. The number of H-pyrrole nitrogens is 1. The molecule has 1 aromatic heterocycles. The van der Waals surface area contributed by atoms with Crippen LogP contribution in [0.3, 0.4) is 0 Å². The van der Waals surface area contributed by atoms with Gasteiger partial charge in [-0.1, -0.05) is 15.9 Å². The SMILES string of the molecule is Cc1cc(C)c(CNC(=O)c2cc(Br)cc(NCCC3CCC(N)CC3)c2C)c(=O)[nH]1. The van der Waals surface area contributed by atoms with E-state index in [0.717, 1.165) is 58.7 Å². The van der Waals surface area contributed by atoms with Crippen molar-refractivity contribution in [1.29, 1.82) is 0 Å². The normalized spacial score (nSPS) is 18.6. The van der Waals surface area contributed by atoms with Gasteiger partial charge in [0.25, 0.3) is 11.5 Å². The molecule has 0 radical (unpaired) electrons. The molecule has 0 bridgehead atoms. The molecule has 1 saturated carbocycles. The zero-order valence-electron chi connectivity index (χ0n) is 18.6. The summed E-state index contributed by atoms with van der Waals surface area (Å²) in [5, 5.41) is 6.41. The summed E-state index contributed by atoms with van der Waals surface area (Å²) in [6.07, 6.45) is 5.75. The lowest BCUT2D eigenvalue weighted by Gasteiger charge is -2.26. The highest BCUT2D eigenvalue weighted by Crippen LogP contribution is 2.28. The average molecular weight is 489 g/mol. The number of carbonyl (C=O) groups is 1. The van der Waals surface area contributed by atoms with Gasteiger partial charge in [-0.15, -0.1) is 0 Å². The van der Waals surface area contributed by atoms with Crippen LogP contribution in [0.15, 0.2) is 27.5 Å². The fourth-order valence-electron chi connectivity index (χ4n) is 4.35. The molecule has 6 nitrogen and oxygen atoms in total. The smallest absolute Gasteiger partial charge is 0.253 e. The molecule has 7 heteroatoms. The van der Waals surface area contributed by atoms with Crippen molar-refractivity contribution in [3.05, 3.63) is 61.0 Å². The number of anilines is 1. The van der Waals surface area contributed by atoms with E-state index in [2.05, 4.69) is 31.5 Å². The molecule has 168 valence electrons. The molecule has 0 atom stereocenters. The van der Waals surface area contributed by atoms with Gasteiger partial charge >= 0.3 is 0 Å². The highest BCUT2D eigenvalue weighted by Gasteiger charge is 2.19. The van der Waals surface area contributed by atoms with Crippen LogP contribution in [0.5, 0.6) is 0 Å². The average Bonchev–Trinajstić information content (AvgIpc) is 2.70. The quantitative estimate of drug-likeness (QED) is 0.466. The number of pyridine rings is 1. The molecule has 5 N–H and O–H groups in total. The second-order valence-electron chi connectivity index (χ2n) is 8.75. The van der Waals surface area contributed by atoms with Crippen molar-refractivity contribution in [2.75, 3.05) is 11.9 Å². The van der Waals surface area contributed by atoms with Crippen LogP contribution in [0.4, 0.5) is 5.69 Å². The van der Waals surface area contributed by atoms with Crippen molar-refractivity contribution >= 4 is 27.5 Å². The van der Waals surface area contributed by atoms with Gasteiger partial charge in [0.15, 0.2) is 0 Å². The molecule has 1 aliphatic rings. The molecule has 1 fully saturated rings. The molecule has 1 aliphatic carbocycles. The number of amides is 1. The van der Waals surface area contributed by atoms with E-state index in [9.17, 15) is 9.59 Å². The van der Waals surface area contributed by atoms with Gasteiger partial charge in [-0.05, 0) is 88.1 Å². The fraction of sp³-hybridized carbons (Fsp3) is 0.500. The first-order valence-electron chi connectivity index (χ1n) is 11.0. The number of hydrogen-bond donors (Lipinski definition) is 4. The predicted octanol–water partition coefficient (Wildman–Crippen LogP) is 4.31. The summed E-state index contributed by atoms with van der Waals surface area (Å²) >= 11 is 3.53. The fourth-order valence-corrected chi connectivity index (χ4v) is 4.81. The van der Waals surface area contributed by atoms with Crippen molar-refractivity contribution in [2.24, 2.45) is 11.7 Å². The van der Waals surface area contributed by atoms with E-state index in [1.165, 1.54) is 12.8 Å². The zero-order chi connectivity index (χ0) is 22.5. The molecular formula is C24H33BrN4O2. The van der Waals surface area contributed by atoms with Crippen LogP contribution in [0.2, 0.25) is 0 Å². The van der Waals surface area contributed by atoms with Gasteiger partial charge in [-0.3, -0.25) is 9.59 Å². The lowest BCUT2D eigenvalue weighted by Crippen LogP contribution is -2.28. The minimum absolute atomic E-state index is 0.158. The summed E-state index contributed by atoms with van der Waals surface area (Å²) < 4.78 is 0.846. The van der Waals surface area contributed by atoms with E-state index in [0.29, 0.717) is 17.2 Å². The van der Waals surface area contributed by atoms with Gasteiger partial charge in [0.2, 0.25) is 0 Å². The largest absolute Gasteiger partial charge is 0.385 e. The Kier molecular flexibility index (Phi) is 7.94. The van der Waals surface area contributed by atoms with E-state index in [-0.39, 0.29) is 18.0 Å². The number of carbonyl (C=O) groups excluding carboxylic acids is 1. The number of hydrogen-bond acceptors (Lipinski definition) is 4. The summed E-state index contributed by atoms with van der Waals surface area (Å²) in [6.45, 7) is 6.75. The van der Waals surface area contributed by atoms with Crippen LogP contribution in [-0.4, -0.2) is 23.5 Å². The molecule has 0 aliphatic heterocycles. The van der Waals surface area contributed by atoms with Gasteiger partial charge in [0.05, 0.1) is 0 Å². The van der Waals surface area contributed by atoms with Crippen LogP contribution in [-0.2, 0) is 6.54 Å². The Morgan fingerprint density at radius 2 is 1.87 bits per heavy atom. The highest BCUT2D eigenvalue weighted by molar-refractivity contribution is 9.10. The lowest BCUT2D eigenvalue weighted by molar-refractivity contribution is 0.0950. The zero-order valence-corrected chi connectivity index (χ0v) is 20.2. The first-order chi connectivity index (χ1) is 14.7. The van der Waals surface area contributed by atoms with Crippen LogP contribution in [0, 0.1) is 26.7 Å². The Hall–Kier alpha value is -2.12. The predicted molar refractivity (Wildman–Crippen MR) is 130 cm³/mol. The monoisotopic (exact) mass is 488 g/mol. The van der Waals surface area contributed by atoms with Crippen molar-refractivity contribution in [1.82, 2.24) is 10.3 Å². The van der Waals surface area contributed by atoms with E-state index in [4.69, 9.17) is 5.73 Å². The number of aryl methyl sites for hydroxylation is 2. The molecule has 31 heavy (non-hydrogen) atoms. The maximum absolute atomic E-state index is 12.9. The van der Waals surface area contributed by atoms with Gasteiger partial charge in [0.1, 0.15) is 0 Å². The molecule has 1 aromatic carbocycles. The van der Waals surface area contributed by atoms with E-state index in [1.54, 1.807) is 0 Å². The second kappa shape index (κ2) is 10.5. The molecule has 0 spiro atoms. The molecular weight excluding hydrogens is 456 g/mol. The maximum Gasteiger partial charge on any atom is 0.253 e. The molecule has 0 saturated heterocycles. The summed E-state index contributed by atoms with van der Waals surface area (Å²) in [4.78, 5) is 27.9. The van der Waals surface area contributed by atoms with Gasteiger partial charge in [-0.2, -0.15) is 0 Å². The molecule has 3 rings (SSSR count). The Bertz CT molecular complexity index is 994. The highest BCUT2D eigenvalue weighted by atomic mass is 79.9. The van der Waals surface area contributed by atoms with Gasteiger partial charge in [-0.25, -0.2) is 0 Å². The van der Waals surface area contributed by atoms with Crippen LogP contribution < -0.4 is 21.9 Å². The number of nitrogens with one attached hydrogen (secondary N) is 3. The molecule has 1 heterocycles. The number of aromatic nitrogens is 1. The van der Waals surface area contributed by atoms with Gasteiger partial charge < -0.3 is 21.4 Å². The van der Waals surface area contributed by atoms with Crippen molar-refractivity contribution in [3.63, 3.8) is 0 Å². The number of aromatic amines is 1. The van der Waals surface area contributed by atoms with Crippen molar-refractivity contribution < 1.29 is 4.79 Å². The Morgan fingerprint density at radius 1 is 1.16 bits per heavy atom. The molecule has 2 aromatic rings. The summed E-state index contributed by atoms with van der Waals surface area (Å²) in [7, 11) is 0. The number of halogens is 1. The summed E-state index contributed by atoms with van der Waals surface area (Å²) in [5.74, 6) is 0.529. The van der Waals surface area contributed by atoms with Crippen LogP contribution in [0.1, 0.15) is 64.8 Å². The lowest BCUT2D eigenvalue weighted by atomic mass is 9.84. The Balaban J connectivity index is 1.64. The third-order valence-electron chi connectivity index (χ3n) is 6.30. The maximum atomic E-state index is 12.9. The minimum atomic E-state index is -0.192. The topological polar surface area (TPSA) is 100 Å². The molecule has 1 amide bonds. The second-order valence-corrected chi connectivity index (χ2v) is 9.66.